The fourth-order valence-corrected chi connectivity index (χ4v) is 5.04. The Bertz CT molecular complexity index is 1370. The molecule has 0 saturated carbocycles. The molecule has 0 saturated heterocycles. The summed E-state index contributed by atoms with van der Waals surface area (Å²) < 4.78 is 5.47. The van der Waals surface area contributed by atoms with Gasteiger partial charge in [0, 0.05) is 42.9 Å². The molecule has 1 aliphatic rings. The summed E-state index contributed by atoms with van der Waals surface area (Å²) in [6.45, 7) is 9.89. The maximum atomic E-state index is 14.3. The Balaban J connectivity index is 1.91. The van der Waals surface area contributed by atoms with Crippen molar-refractivity contribution in [2.75, 3.05) is 18.1 Å². The van der Waals surface area contributed by atoms with Gasteiger partial charge in [0.2, 0.25) is 11.8 Å². The molecular weight excluding hydrogens is 614 g/mol. The number of pyridine rings is 1. The molecule has 48 heavy (non-hydrogen) atoms. The number of aliphatic hydroxyl groups is 1. The number of rotatable bonds is 16. The van der Waals surface area contributed by atoms with Crippen LogP contribution in [0.2, 0.25) is 0 Å². The lowest BCUT2D eigenvalue weighted by Crippen LogP contribution is -2.56. The standard InChI is InChI=1S/C35H51N7O6/c1-6-25(4)20-42(39-32(44)19-30(43)13-12-24(2)3)34(46)31(38-35(47)48-22-27-10-8-7-9-11-27)18-29-21-40(33(45)26(5)36)23-41(29)28-14-16-37-17-15-28/h7-11,14-17,21,24-26,30-31,43H,6,12-13,18-20,22-23,36H2,1-5H3,(H,38,47)(H,39,44)/t25?,26-,30-,31-/m0/s1. The molecule has 4 atom stereocenters. The van der Waals surface area contributed by atoms with Crippen LogP contribution in [0.4, 0.5) is 10.5 Å². The molecule has 0 radical (unpaired) electrons. The second-order valence-corrected chi connectivity index (χ2v) is 12.8. The first-order valence-corrected chi connectivity index (χ1v) is 16.6. The molecule has 0 spiro atoms. The zero-order valence-electron chi connectivity index (χ0n) is 28.7. The molecule has 5 N–H and O–H groups in total. The number of anilines is 1. The van der Waals surface area contributed by atoms with Gasteiger partial charge in [0.25, 0.3) is 5.91 Å². The second kappa shape index (κ2) is 18.7. The predicted molar refractivity (Wildman–Crippen MR) is 182 cm³/mol. The van der Waals surface area contributed by atoms with Gasteiger partial charge < -0.3 is 25.8 Å². The Morgan fingerprint density at radius 3 is 2.35 bits per heavy atom. The summed E-state index contributed by atoms with van der Waals surface area (Å²) >= 11 is 0. The van der Waals surface area contributed by atoms with Crippen molar-refractivity contribution in [1.29, 1.82) is 0 Å². The van der Waals surface area contributed by atoms with Crippen molar-refractivity contribution in [3.05, 3.63) is 72.3 Å². The van der Waals surface area contributed by atoms with E-state index >= 15 is 0 Å². The van der Waals surface area contributed by atoms with Gasteiger partial charge in [-0.05, 0) is 49.3 Å². The highest BCUT2D eigenvalue weighted by Crippen LogP contribution is 2.28. The highest BCUT2D eigenvalue weighted by atomic mass is 16.5. The van der Waals surface area contributed by atoms with Crippen LogP contribution in [0.1, 0.15) is 72.3 Å². The van der Waals surface area contributed by atoms with E-state index in [2.05, 4.69) is 15.7 Å². The Morgan fingerprint density at radius 1 is 1.04 bits per heavy atom. The van der Waals surface area contributed by atoms with Gasteiger partial charge in [0.1, 0.15) is 19.3 Å². The molecule has 0 bridgehead atoms. The van der Waals surface area contributed by atoms with Gasteiger partial charge in [0.15, 0.2) is 0 Å². The fraction of sp³-hybridized carbons (Fsp3) is 0.514. The number of carbonyl (C=O) groups excluding carboxylic acids is 4. The van der Waals surface area contributed by atoms with E-state index < -0.39 is 36.1 Å². The Labute approximate surface area is 283 Å². The number of aromatic nitrogens is 1. The third kappa shape index (κ3) is 11.9. The van der Waals surface area contributed by atoms with Crippen LogP contribution in [0.25, 0.3) is 0 Å². The highest BCUT2D eigenvalue weighted by molar-refractivity contribution is 5.89. The molecule has 1 unspecified atom stereocenters. The third-order valence-corrected chi connectivity index (χ3v) is 8.02. The van der Waals surface area contributed by atoms with Crippen LogP contribution in [0.3, 0.4) is 0 Å². The quantitative estimate of drug-likeness (QED) is 0.196. The summed E-state index contributed by atoms with van der Waals surface area (Å²) in [7, 11) is 0. The zero-order chi connectivity index (χ0) is 35.2. The van der Waals surface area contributed by atoms with Crippen molar-refractivity contribution in [2.45, 2.75) is 91.5 Å². The Hall–Kier alpha value is -4.49. The first-order valence-electron chi connectivity index (χ1n) is 16.6. The first kappa shape index (κ1) is 38.0. The number of hydrazine groups is 1. The fourth-order valence-electron chi connectivity index (χ4n) is 5.04. The van der Waals surface area contributed by atoms with E-state index in [9.17, 15) is 24.3 Å². The summed E-state index contributed by atoms with van der Waals surface area (Å²) in [5.41, 5.74) is 10.6. The molecule has 2 aromatic rings. The van der Waals surface area contributed by atoms with Crippen molar-refractivity contribution in [2.24, 2.45) is 17.6 Å². The SMILES string of the molecule is CCC(C)CN(NC(=O)C[C@@H](O)CCC(C)C)C(=O)[C@H](CC1=CN(C(=O)[C@H](C)N)CN1c1ccncc1)NC(=O)OCc1ccccc1. The average Bonchev–Trinajstić information content (AvgIpc) is 3.49. The largest absolute Gasteiger partial charge is 0.445 e. The lowest BCUT2D eigenvalue weighted by atomic mass is 10.0. The van der Waals surface area contributed by atoms with E-state index in [1.54, 1.807) is 37.7 Å². The van der Waals surface area contributed by atoms with Gasteiger partial charge in [0.05, 0.1) is 18.6 Å². The number of benzene rings is 1. The van der Waals surface area contributed by atoms with E-state index in [-0.39, 0.29) is 44.5 Å². The Kier molecular flexibility index (Phi) is 14.8. The van der Waals surface area contributed by atoms with Crippen molar-refractivity contribution in [1.82, 2.24) is 25.6 Å². The summed E-state index contributed by atoms with van der Waals surface area (Å²) in [6, 6.07) is 10.7. The van der Waals surface area contributed by atoms with Crippen LogP contribution in [-0.2, 0) is 25.7 Å². The summed E-state index contributed by atoms with van der Waals surface area (Å²) in [5.74, 6) is -1.03. The van der Waals surface area contributed by atoms with Crippen molar-refractivity contribution in [3.8, 4) is 0 Å². The molecule has 1 aliphatic heterocycles. The van der Waals surface area contributed by atoms with E-state index in [0.29, 0.717) is 23.7 Å². The average molecular weight is 666 g/mol. The minimum absolute atomic E-state index is 0.00367. The van der Waals surface area contributed by atoms with E-state index in [4.69, 9.17) is 10.5 Å². The van der Waals surface area contributed by atoms with Gasteiger partial charge in [-0.2, -0.15) is 0 Å². The number of carbonyl (C=O) groups is 4. The predicted octanol–water partition coefficient (Wildman–Crippen LogP) is 3.65. The number of amides is 4. The monoisotopic (exact) mass is 665 g/mol. The molecule has 13 nitrogen and oxygen atoms in total. The molecule has 2 heterocycles. The lowest BCUT2D eigenvalue weighted by molar-refractivity contribution is -0.144. The normalized spacial score (nSPS) is 15.3. The van der Waals surface area contributed by atoms with Crippen LogP contribution >= 0.6 is 0 Å². The topological polar surface area (TPSA) is 170 Å². The van der Waals surface area contributed by atoms with Crippen LogP contribution in [0, 0.1) is 11.8 Å². The molecule has 3 rings (SSSR count). The number of aliphatic hydroxyl groups excluding tert-OH is 1. The second-order valence-electron chi connectivity index (χ2n) is 12.8. The van der Waals surface area contributed by atoms with Crippen LogP contribution in [0.5, 0.6) is 0 Å². The number of hydrogen-bond acceptors (Lipinski definition) is 9. The van der Waals surface area contributed by atoms with Gasteiger partial charge in [-0.15, -0.1) is 0 Å². The zero-order valence-corrected chi connectivity index (χ0v) is 28.7. The summed E-state index contributed by atoms with van der Waals surface area (Å²) in [5, 5.41) is 14.4. The molecule has 0 aliphatic carbocycles. The summed E-state index contributed by atoms with van der Waals surface area (Å²) in [6.07, 6.45) is 4.87. The molecular formula is C35H51N7O6. The molecule has 4 amide bonds. The van der Waals surface area contributed by atoms with Crippen molar-refractivity contribution in [3.63, 3.8) is 0 Å². The van der Waals surface area contributed by atoms with Crippen LogP contribution in [-0.4, -0.2) is 75.2 Å². The first-order chi connectivity index (χ1) is 22.9. The maximum Gasteiger partial charge on any atom is 0.408 e. The molecule has 1 aromatic carbocycles. The van der Waals surface area contributed by atoms with Gasteiger partial charge in [-0.1, -0.05) is 64.4 Å². The minimum Gasteiger partial charge on any atom is -0.445 e. The van der Waals surface area contributed by atoms with Gasteiger partial charge >= 0.3 is 6.09 Å². The molecule has 0 fully saturated rings. The van der Waals surface area contributed by atoms with Crippen LogP contribution in [0.15, 0.2) is 66.8 Å². The summed E-state index contributed by atoms with van der Waals surface area (Å²) in [4.78, 5) is 60.9. The van der Waals surface area contributed by atoms with E-state index in [1.165, 1.54) is 9.91 Å². The molecule has 262 valence electrons. The van der Waals surface area contributed by atoms with E-state index in [1.807, 2.05) is 62.9 Å². The highest BCUT2D eigenvalue weighted by Gasteiger charge is 2.35. The number of hydrogen-bond donors (Lipinski definition) is 4. The lowest BCUT2D eigenvalue weighted by Gasteiger charge is -2.31. The van der Waals surface area contributed by atoms with E-state index in [0.717, 1.165) is 18.4 Å². The molecule has 13 heteroatoms. The number of ether oxygens (including phenoxy) is 1. The minimum atomic E-state index is -1.20. The Morgan fingerprint density at radius 2 is 1.73 bits per heavy atom. The molecule has 1 aromatic heterocycles. The maximum absolute atomic E-state index is 14.3. The number of nitrogens with zero attached hydrogens (tertiary/aromatic N) is 4. The third-order valence-electron chi connectivity index (χ3n) is 8.02. The van der Waals surface area contributed by atoms with Gasteiger partial charge in [-0.3, -0.25) is 34.7 Å². The number of nitrogens with one attached hydrogen (secondary N) is 2. The number of nitrogens with two attached hydrogens (primary N) is 1. The van der Waals surface area contributed by atoms with Crippen molar-refractivity contribution >= 4 is 29.5 Å². The van der Waals surface area contributed by atoms with Crippen LogP contribution < -0.4 is 21.4 Å². The number of alkyl carbamates (subject to hydrolysis) is 1. The van der Waals surface area contributed by atoms with Crippen molar-refractivity contribution < 1.29 is 29.0 Å². The van der Waals surface area contributed by atoms with Gasteiger partial charge in [-0.25, -0.2) is 4.79 Å². The smallest absolute Gasteiger partial charge is 0.408 e.